The fourth-order valence-corrected chi connectivity index (χ4v) is 2.64. The molecule has 0 radical (unpaired) electrons. The summed E-state index contributed by atoms with van der Waals surface area (Å²) in [7, 11) is -2.64. The summed E-state index contributed by atoms with van der Waals surface area (Å²) in [5, 5.41) is 10.5. The van der Waals surface area contributed by atoms with Gasteiger partial charge in [-0.05, 0) is 35.9 Å². The van der Waals surface area contributed by atoms with Crippen molar-refractivity contribution in [1.29, 1.82) is 0 Å². The number of nitrogens with one attached hydrogen (secondary N) is 1. The number of sulfonamides is 1. The number of nitrogens with zero attached hydrogens (tertiary/aromatic N) is 4. The van der Waals surface area contributed by atoms with Crippen LogP contribution in [0.3, 0.4) is 0 Å². The highest BCUT2D eigenvalue weighted by Gasteiger charge is 2.33. The minimum absolute atomic E-state index is 0.197. The van der Waals surface area contributed by atoms with Crippen molar-refractivity contribution in [2.75, 3.05) is 4.72 Å². The molecule has 114 valence electrons. The van der Waals surface area contributed by atoms with E-state index in [0.717, 1.165) is 16.9 Å². The molecule has 1 aromatic carbocycles. The molecule has 0 aliphatic carbocycles. The van der Waals surface area contributed by atoms with Crippen LogP contribution < -0.4 is 4.72 Å². The Morgan fingerprint density at radius 1 is 1.29 bits per heavy atom. The molecule has 0 saturated carbocycles. The van der Waals surface area contributed by atoms with Crippen molar-refractivity contribution < 1.29 is 21.6 Å². The maximum atomic E-state index is 12.6. The molecule has 2 aromatic rings. The normalized spacial score (nSPS) is 12.4. The van der Waals surface area contributed by atoms with Crippen LogP contribution in [0.15, 0.2) is 23.1 Å². The van der Waals surface area contributed by atoms with E-state index >= 15 is 0 Å². The third kappa shape index (κ3) is 3.29. The topological polar surface area (TPSA) is 89.8 Å². The number of tetrazole rings is 1. The van der Waals surface area contributed by atoms with Gasteiger partial charge in [-0.15, -0.1) is 5.10 Å². The largest absolute Gasteiger partial charge is 0.416 e. The predicted octanol–water partition coefficient (Wildman–Crippen LogP) is 1.34. The molecule has 2 rings (SSSR count). The molecule has 0 spiro atoms. The number of alkyl halides is 3. The number of aromatic nitrogens is 4. The van der Waals surface area contributed by atoms with Gasteiger partial charge in [-0.25, -0.2) is 13.1 Å². The number of rotatable bonds is 3. The van der Waals surface area contributed by atoms with Crippen molar-refractivity contribution in [1.82, 2.24) is 20.2 Å². The number of hydrogen-bond donors (Lipinski definition) is 1. The van der Waals surface area contributed by atoms with Crippen molar-refractivity contribution in [3.63, 3.8) is 0 Å². The third-order valence-corrected chi connectivity index (χ3v) is 3.87. The Hall–Kier alpha value is -2.17. The molecule has 0 aliphatic rings. The van der Waals surface area contributed by atoms with Crippen LogP contribution in [0.4, 0.5) is 19.1 Å². The Balaban J connectivity index is 2.35. The van der Waals surface area contributed by atoms with Crippen LogP contribution in [0.2, 0.25) is 0 Å². The molecule has 1 N–H and O–H groups in total. The minimum Gasteiger partial charge on any atom is -0.245 e. The molecule has 0 saturated heterocycles. The first-order chi connectivity index (χ1) is 9.59. The average molecular weight is 321 g/mol. The molecule has 0 fully saturated rings. The van der Waals surface area contributed by atoms with E-state index in [4.69, 9.17) is 0 Å². The van der Waals surface area contributed by atoms with Gasteiger partial charge in [-0.3, -0.25) is 0 Å². The molecular weight excluding hydrogens is 311 g/mol. The van der Waals surface area contributed by atoms with Crippen LogP contribution in [0, 0.1) is 6.92 Å². The van der Waals surface area contributed by atoms with Gasteiger partial charge in [0.1, 0.15) is 0 Å². The van der Waals surface area contributed by atoms with E-state index in [0.29, 0.717) is 6.07 Å². The highest BCUT2D eigenvalue weighted by molar-refractivity contribution is 7.92. The van der Waals surface area contributed by atoms with Crippen LogP contribution in [-0.2, 0) is 23.2 Å². The lowest BCUT2D eigenvalue weighted by atomic mass is 10.1. The van der Waals surface area contributed by atoms with Gasteiger partial charge in [-0.1, -0.05) is 5.10 Å². The molecule has 0 unspecified atom stereocenters. The zero-order valence-electron chi connectivity index (χ0n) is 10.9. The van der Waals surface area contributed by atoms with Gasteiger partial charge in [0, 0.05) is 0 Å². The lowest BCUT2D eigenvalue weighted by Crippen LogP contribution is -2.15. The fraction of sp³-hybridized carbons (Fsp3) is 0.300. The lowest BCUT2D eigenvalue weighted by Gasteiger charge is -2.11. The van der Waals surface area contributed by atoms with E-state index in [9.17, 15) is 21.6 Å². The van der Waals surface area contributed by atoms with E-state index in [-0.39, 0.29) is 16.4 Å². The van der Waals surface area contributed by atoms with E-state index in [1.54, 1.807) is 0 Å². The molecule has 1 aromatic heterocycles. The smallest absolute Gasteiger partial charge is 0.245 e. The molecular formula is C10H10F3N5O2S. The third-order valence-electron chi connectivity index (χ3n) is 2.55. The number of anilines is 1. The quantitative estimate of drug-likeness (QED) is 0.921. The summed E-state index contributed by atoms with van der Waals surface area (Å²) in [6, 6.07) is 2.52. The van der Waals surface area contributed by atoms with E-state index in [1.165, 1.54) is 14.0 Å². The van der Waals surface area contributed by atoms with Crippen LogP contribution >= 0.6 is 0 Å². The van der Waals surface area contributed by atoms with Crippen LogP contribution in [0.1, 0.15) is 11.1 Å². The Morgan fingerprint density at radius 3 is 2.43 bits per heavy atom. The van der Waals surface area contributed by atoms with Crippen molar-refractivity contribution in [3.05, 3.63) is 29.3 Å². The summed E-state index contributed by atoms with van der Waals surface area (Å²) in [4.78, 5) is 0.719. The Bertz CT molecular complexity index is 769. The van der Waals surface area contributed by atoms with Crippen LogP contribution in [0.25, 0.3) is 0 Å². The Labute approximate surface area is 117 Å². The number of hydrogen-bond acceptors (Lipinski definition) is 5. The van der Waals surface area contributed by atoms with Gasteiger partial charge in [0.25, 0.3) is 16.0 Å². The predicted molar refractivity (Wildman–Crippen MR) is 65.8 cm³/mol. The minimum atomic E-state index is -4.54. The van der Waals surface area contributed by atoms with Crippen molar-refractivity contribution in [2.24, 2.45) is 7.05 Å². The molecule has 7 nitrogen and oxygen atoms in total. The summed E-state index contributed by atoms with van der Waals surface area (Å²) in [5.41, 5.74) is -1.09. The molecule has 0 amide bonds. The summed E-state index contributed by atoms with van der Waals surface area (Å²) in [6.07, 6.45) is -4.54. The van der Waals surface area contributed by atoms with Gasteiger partial charge < -0.3 is 0 Å². The lowest BCUT2D eigenvalue weighted by molar-refractivity contribution is -0.138. The highest BCUT2D eigenvalue weighted by Crippen LogP contribution is 2.32. The van der Waals surface area contributed by atoms with Gasteiger partial charge in [0.15, 0.2) is 0 Å². The summed E-state index contributed by atoms with van der Waals surface area (Å²) in [5.74, 6) is -0.268. The van der Waals surface area contributed by atoms with Crippen LogP contribution in [0.5, 0.6) is 0 Å². The highest BCUT2D eigenvalue weighted by atomic mass is 32.2. The monoisotopic (exact) mass is 321 g/mol. The maximum absolute atomic E-state index is 12.6. The standard InChI is InChI=1S/C10H10F3N5O2S/c1-6-5-7(3-4-8(6)10(11,12)13)21(19,20)16-9-14-17-18(2)15-9/h3-5H,1-2H3,(H,15,16). The SMILES string of the molecule is Cc1cc(S(=O)(=O)Nc2nnn(C)n2)ccc1C(F)(F)F. The maximum Gasteiger partial charge on any atom is 0.416 e. The molecule has 21 heavy (non-hydrogen) atoms. The first-order valence-electron chi connectivity index (χ1n) is 5.54. The zero-order chi connectivity index (χ0) is 15.8. The van der Waals surface area contributed by atoms with Crippen molar-refractivity contribution in [2.45, 2.75) is 18.0 Å². The molecule has 0 atom stereocenters. The molecule has 0 bridgehead atoms. The van der Waals surface area contributed by atoms with Crippen molar-refractivity contribution in [3.8, 4) is 0 Å². The van der Waals surface area contributed by atoms with Gasteiger partial charge in [0.2, 0.25) is 0 Å². The zero-order valence-corrected chi connectivity index (χ0v) is 11.7. The first-order valence-corrected chi connectivity index (χ1v) is 7.02. The number of benzene rings is 1. The summed E-state index contributed by atoms with van der Waals surface area (Å²) < 4.78 is 63.9. The number of halogens is 3. The number of aryl methyl sites for hydroxylation is 2. The van der Waals surface area contributed by atoms with Gasteiger partial charge in [0.05, 0.1) is 17.5 Å². The van der Waals surface area contributed by atoms with Gasteiger partial charge >= 0.3 is 6.18 Å². The molecule has 0 aliphatic heterocycles. The second-order valence-electron chi connectivity index (χ2n) is 4.18. The summed E-state index contributed by atoms with van der Waals surface area (Å²) >= 11 is 0. The molecule has 11 heteroatoms. The van der Waals surface area contributed by atoms with E-state index < -0.39 is 21.8 Å². The Morgan fingerprint density at radius 2 is 1.95 bits per heavy atom. The summed E-state index contributed by atoms with van der Waals surface area (Å²) in [6.45, 7) is 1.18. The van der Waals surface area contributed by atoms with E-state index in [1.807, 2.05) is 4.72 Å². The van der Waals surface area contributed by atoms with Crippen LogP contribution in [-0.4, -0.2) is 28.6 Å². The Kier molecular flexibility index (Phi) is 3.61. The van der Waals surface area contributed by atoms with Crippen molar-refractivity contribution >= 4 is 16.0 Å². The first kappa shape index (κ1) is 15.2. The van der Waals surface area contributed by atoms with Gasteiger partial charge in [-0.2, -0.15) is 18.0 Å². The average Bonchev–Trinajstić information content (AvgIpc) is 2.72. The second-order valence-corrected chi connectivity index (χ2v) is 5.86. The fourth-order valence-electron chi connectivity index (χ4n) is 1.63. The molecule has 1 heterocycles. The van der Waals surface area contributed by atoms with E-state index in [2.05, 4.69) is 15.4 Å². The second kappa shape index (κ2) is 4.98.